The Morgan fingerprint density at radius 1 is 1.26 bits per heavy atom. The molecule has 1 saturated heterocycles. The lowest BCUT2D eigenvalue weighted by molar-refractivity contribution is 0.681. The standard InChI is InChI=1S/C20H31N7/c1-5-21-20(22-14-19-25-24-16(3)26(19)4)23-15(2)17-9-8-10-18(13-17)27-11-6-7-12-27/h8-10,13,15H,5-7,11-12,14H2,1-4H3,(H2,21,22,23). The molecule has 1 aromatic heterocycles. The van der Waals surface area contributed by atoms with Crippen molar-refractivity contribution >= 4 is 11.6 Å². The molecular weight excluding hydrogens is 338 g/mol. The highest BCUT2D eigenvalue weighted by atomic mass is 15.3. The Kier molecular flexibility index (Phi) is 6.32. The van der Waals surface area contributed by atoms with Gasteiger partial charge in [-0.25, -0.2) is 4.99 Å². The highest BCUT2D eigenvalue weighted by molar-refractivity contribution is 5.80. The van der Waals surface area contributed by atoms with E-state index in [0.717, 1.165) is 37.2 Å². The highest BCUT2D eigenvalue weighted by Gasteiger charge is 2.14. The number of hydrogen-bond acceptors (Lipinski definition) is 4. The monoisotopic (exact) mass is 369 g/mol. The van der Waals surface area contributed by atoms with Crippen molar-refractivity contribution in [3.63, 3.8) is 0 Å². The highest BCUT2D eigenvalue weighted by Crippen LogP contribution is 2.23. The Hall–Kier alpha value is -2.57. The molecular formula is C20H31N7. The van der Waals surface area contributed by atoms with Crippen LogP contribution in [0.4, 0.5) is 5.69 Å². The third-order valence-corrected chi connectivity index (χ3v) is 5.10. The van der Waals surface area contributed by atoms with Crippen LogP contribution in [0.1, 0.15) is 49.9 Å². The zero-order valence-electron chi connectivity index (χ0n) is 16.9. The van der Waals surface area contributed by atoms with Gasteiger partial charge in [0.25, 0.3) is 0 Å². The number of nitrogens with one attached hydrogen (secondary N) is 2. The second-order valence-corrected chi connectivity index (χ2v) is 7.07. The van der Waals surface area contributed by atoms with Crippen molar-refractivity contribution in [2.45, 2.75) is 46.2 Å². The van der Waals surface area contributed by atoms with Crippen molar-refractivity contribution in [1.29, 1.82) is 0 Å². The Morgan fingerprint density at radius 3 is 2.70 bits per heavy atom. The molecule has 2 N–H and O–H groups in total. The van der Waals surface area contributed by atoms with E-state index in [4.69, 9.17) is 0 Å². The zero-order valence-corrected chi connectivity index (χ0v) is 16.9. The first-order valence-corrected chi connectivity index (χ1v) is 9.83. The molecule has 7 nitrogen and oxygen atoms in total. The van der Waals surface area contributed by atoms with Crippen LogP contribution >= 0.6 is 0 Å². The molecule has 27 heavy (non-hydrogen) atoms. The molecule has 1 fully saturated rings. The van der Waals surface area contributed by atoms with Crippen LogP contribution in [0, 0.1) is 6.92 Å². The predicted octanol–water partition coefficient (Wildman–Crippen LogP) is 2.54. The molecule has 2 heterocycles. The van der Waals surface area contributed by atoms with Crippen LogP contribution in [-0.4, -0.2) is 40.4 Å². The second-order valence-electron chi connectivity index (χ2n) is 7.07. The SMILES string of the molecule is CCNC(=NCc1nnc(C)n1C)NC(C)c1cccc(N2CCCC2)c1. The average Bonchev–Trinajstić information content (AvgIpc) is 3.32. The van der Waals surface area contributed by atoms with Crippen LogP contribution in [0.25, 0.3) is 0 Å². The van der Waals surface area contributed by atoms with Crippen LogP contribution in [0.5, 0.6) is 0 Å². The third kappa shape index (κ3) is 4.78. The average molecular weight is 370 g/mol. The van der Waals surface area contributed by atoms with Gasteiger partial charge >= 0.3 is 0 Å². The Morgan fingerprint density at radius 2 is 2.04 bits per heavy atom. The fourth-order valence-electron chi connectivity index (χ4n) is 3.31. The summed E-state index contributed by atoms with van der Waals surface area (Å²) in [4.78, 5) is 7.15. The summed E-state index contributed by atoms with van der Waals surface area (Å²) in [5.41, 5.74) is 2.58. The van der Waals surface area contributed by atoms with Gasteiger partial charge in [0.05, 0.1) is 6.04 Å². The van der Waals surface area contributed by atoms with Crippen molar-refractivity contribution < 1.29 is 0 Å². The molecule has 0 saturated carbocycles. The van der Waals surface area contributed by atoms with Gasteiger partial charge in [0.15, 0.2) is 11.8 Å². The maximum atomic E-state index is 4.68. The quantitative estimate of drug-likeness (QED) is 0.605. The molecule has 1 aliphatic rings. The van der Waals surface area contributed by atoms with E-state index >= 15 is 0 Å². The normalized spacial score (nSPS) is 15.9. The molecule has 1 unspecified atom stereocenters. The molecule has 3 rings (SSSR count). The largest absolute Gasteiger partial charge is 0.372 e. The smallest absolute Gasteiger partial charge is 0.192 e. The summed E-state index contributed by atoms with van der Waals surface area (Å²) < 4.78 is 1.97. The molecule has 0 amide bonds. The van der Waals surface area contributed by atoms with E-state index in [1.807, 2.05) is 18.5 Å². The lowest BCUT2D eigenvalue weighted by atomic mass is 10.1. The second kappa shape index (κ2) is 8.88. The molecule has 0 aliphatic carbocycles. The maximum Gasteiger partial charge on any atom is 0.192 e. The Labute approximate surface area is 161 Å². The molecule has 0 bridgehead atoms. The number of aliphatic imine (C=N–C) groups is 1. The van der Waals surface area contributed by atoms with Gasteiger partial charge in [-0.3, -0.25) is 0 Å². The summed E-state index contributed by atoms with van der Waals surface area (Å²) in [6.07, 6.45) is 2.58. The van der Waals surface area contributed by atoms with Gasteiger partial charge in [-0.05, 0) is 51.3 Å². The van der Waals surface area contributed by atoms with E-state index in [9.17, 15) is 0 Å². The number of guanidine groups is 1. The van der Waals surface area contributed by atoms with Crippen molar-refractivity contribution in [3.8, 4) is 0 Å². The van der Waals surface area contributed by atoms with E-state index in [1.165, 1.54) is 24.1 Å². The summed E-state index contributed by atoms with van der Waals surface area (Å²) in [6, 6.07) is 8.97. The maximum absolute atomic E-state index is 4.68. The van der Waals surface area contributed by atoms with Gasteiger partial charge < -0.3 is 20.1 Å². The fourth-order valence-corrected chi connectivity index (χ4v) is 3.31. The van der Waals surface area contributed by atoms with Gasteiger partial charge in [0.2, 0.25) is 0 Å². The first kappa shape index (κ1) is 19.2. The van der Waals surface area contributed by atoms with E-state index < -0.39 is 0 Å². The zero-order chi connectivity index (χ0) is 19.2. The summed E-state index contributed by atoms with van der Waals surface area (Å²) in [5.74, 6) is 2.54. The number of benzene rings is 1. The van der Waals surface area contributed by atoms with Gasteiger partial charge in [0, 0.05) is 32.4 Å². The van der Waals surface area contributed by atoms with E-state index in [1.54, 1.807) is 0 Å². The lowest BCUT2D eigenvalue weighted by Gasteiger charge is -2.22. The topological polar surface area (TPSA) is 70.4 Å². The molecule has 0 spiro atoms. The first-order valence-electron chi connectivity index (χ1n) is 9.83. The fraction of sp³-hybridized carbons (Fsp3) is 0.550. The van der Waals surface area contributed by atoms with Gasteiger partial charge in [-0.1, -0.05) is 12.1 Å². The number of rotatable bonds is 6. The molecule has 2 aromatic rings. The number of aromatic nitrogens is 3. The van der Waals surface area contributed by atoms with Crippen molar-refractivity contribution in [1.82, 2.24) is 25.4 Å². The summed E-state index contributed by atoms with van der Waals surface area (Å²) in [7, 11) is 1.97. The number of anilines is 1. The number of hydrogen-bond donors (Lipinski definition) is 2. The first-order chi connectivity index (χ1) is 13.1. The minimum atomic E-state index is 0.159. The van der Waals surface area contributed by atoms with Crippen LogP contribution in [0.3, 0.4) is 0 Å². The molecule has 0 radical (unpaired) electrons. The van der Waals surface area contributed by atoms with Crippen molar-refractivity contribution in [2.24, 2.45) is 12.0 Å². The summed E-state index contributed by atoms with van der Waals surface area (Å²) in [6.45, 7) is 9.81. The third-order valence-electron chi connectivity index (χ3n) is 5.10. The Balaban J connectivity index is 1.69. The van der Waals surface area contributed by atoms with E-state index in [-0.39, 0.29) is 6.04 Å². The minimum Gasteiger partial charge on any atom is -0.372 e. The lowest BCUT2D eigenvalue weighted by Crippen LogP contribution is -2.38. The Bertz CT molecular complexity index is 774. The molecule has 1 aliphatic heterocycles. The molecule has 7 heteroatoms. The number of nitrogens with zero attached hydrogens (tertiary/aromatic N) is 5. The van der Waals surface area contributed by atoms with Crippen LogP contribution in [0.15, 0.2) is 29.3 Å². The number of aryl methyl sites for hydroxylation is 1. The van der Waals surface area contributed by atoms with Gasteiger partial charge in [-0.2, -0.15) is 0 Å². The molecule has 1 aromatic carbocycles. The van der Waals surface area contributed by atoms with Gasteiger partial charge in [-0.15, -0.1) is 10.2 Å². The molecule has 1 atom stereocenters. The van der Waals surface area contributed by atoms with E-state index in [0.29, 0.717) is 6.54 Å². The van der Waals surface area contributed by atoms with Crippen LogP contribution in [0.2, 0.25) is 0 Å². The molecule has 146 valence electrons. The predicted molar refractivity (Wildman–Crippen MR) is 110 cm³/mol. The minimum absolute atomic E-state index is 0.159. The summed E-state index contributed by atoms with van der Waals surface area (Å²) in [5, 5.41) is 15.1. The summed E-state index contributed by atoms with van der Waals surface area (Å²) >= 11 is 0. The van der Waals surface area contributed by atoms with Crippen molar-refractivity contribution in [2.75, 3.05) is 24.5 Å². The van der Waals surface area contributed by atoms with E-state index in [2.05, 4.69) is 68.8 Å². The van der Waals surface area contributed by atoms with Crippen LogP contribution < -0.4 is 15.5 Å². The van der Waals surface area contributed by atoms with Crippen molar-refractivity contribution in [3.05, 3.63) is 41.5 Å². The van der Waals surface area contributed by atoms with Crippen LogP contribution in [-0.2, 0) is 13.6 Å². The van der Waals surface area contributed by atoms with Gasteiger partial charge in [0.1, 0.15) is 12.4 Å².